The van der Waals surface area contributed by atoms with E-state index in [9.17, 15) is 28.8 Å². The molecule has 0 saturated carbocycles. The Labute approximate surface area is 208 Å². The monoisotopic (exact) mass is 541 g/mol. The van der Waals surface area contributed by atoms with Crippen molar-refractivity contribution >= 4 is 54.6 Å². The lowest BCUT2D eigenvalue weighted by molar-refractivity contribution is -0.200. The largest absolute Gasteiger partial charge is 0.452 e. The summed E-state index contributed by atoms with van der Waals surface area (Å²) < 4.78 is 12.7. The minimum Gasteiger partial charge on any atom is -0.452 e. The maximum atomic E-state index is 10.9. The molecule has 2 amide bonds. The highest BCUT2D eigenvalue weighted by atomic mass is 31.0. The van der Waals surface area contributed by atoms with Crippen LogP contribution in [-0.2, 0) is 60.6 Å². The number of aromatic nitrogens is 2. The lowest BCUT2D eigenvalue weighted by atomic mass is 10.3. The molecular formula is C20H21N3O11P2. The Morgan fingerprint density at radius 3 is 1.64 bits per heavy atom. The third kappa shape index (κ3) is 11.0. The summed E-state index contributed by atoms with van der Waals surface area (Å²) in [6.45, 7) is 0.129. The molecule has 0 bridgehead atoms. The summed E-state index contributed by atoms with van der Waals surface area (Å²) in [5.74, 6) is -6.08. The van der Waals surface area contributed by atoms with Gasteiger partial charge in [-0.2, -0.15) is 0 Å². The molecule has 0 aliphatic carbocycles. The number of aliphatic hydroxyl groups is 1. The van der Waals surface area contributed by atoms with Crippen LogP contribution in [0.3, 0.4) is 0 Å². The molecule has 1 N–H and O–H groups in total. The molecule has 1 aliphatic heterocycles. The Hall–Kier alpha value is -3.86. The summed E-state index contributed by atoms with van der Waals surface area (Å²) in [6.07, 6.45) is 6.40. The zero-order valence-electron chi connectivity index (χ0n) is 18.5. The minimum atomic E-state index is -1.41. The molecule has 1 fully saturated rings. The highest BCUT2D eigenvalue weighted by Gasteiger charge is 2.34. The third-order valence-corrected chi connectivity index (χ3v) is 4.21. The topological polar surface area (TPSA) is 189 Å². The van der Waals surface area contributed by atoms with Gasteiger partial charge in [-0.05, 0) is 35.4 Å². The smallest absolute Gasteiger partial charge is 0.442 e. The first-order valence-corrected chi connectivity index (χ1v) is 10.6. The van der Waals surface area contributed by atoms with E-state index < -0.39 is 35.7 Å². The molecule has 36 heavy (non-hydrogen) atoms. The molecule has 14 nitrogen and oxygen atoms in total. The average Bonchev–Trinajstić information content (AvgIpc) is 3.24. The number of hydrogen-bond donors (Lipinski definition) is 1. The van der Waals surface area contributed by atoms with Gasteiger partial charge in [0, 0.05) is 37.6 Å². The molecule has 0 radical (unpaired) electrons. The molecular weight excluding hydrogens is 520 g/mol. The first-order chi connectivity index (χ1) is 17.2. The van der Waals surface area contributed by atoms with Crippen LogP contribution in [0, 0.1) is 0 Å². The summed E-state index contributed by atoms with van der Waals surface area (Å²) in [7, 11) is 3.23. The van der Waals surface area contributed by atoms with Crippen molar-refractivity contribution in [2.24, 2.45) is 0 Å². The number of carbonyl (C=O) groups is 6. The van der Waals surface area contributed by atoms with Crippen LogP contribution in [0.25, 0.3) is 0 Å². The lowest BCUT2D eigenvalue weighted by Crippen LogP contribution is -2.34. The number of nitrogens with zero attached hydrogens (tertiary/aromatic N) is 3. The van der Waals surface area contributed by atoms with E-state index in [-0.39, 0.29) is 31.1 Å². The number of imide groups is 1. The average molecular weight is 541 g/mol. The Balaban J connectivity index is 0.000000281. The molecule has 0 spiro atoms. The van der Waals surface area contributed by atoms with Crippen LogP contribution < -0.4 is 0 Å². The third-order valence-electron chi connectivity index (χ3n) is 3.78. The fourth-order valence-corrected chi connectivity index (χ4v) is 2.24. The first kappa shape index (κ1) is 30.2. The fourth-order valence-electron chi connectivity index (χ4n) is 2.05. The van der Waals surface area contributed by atoms with Gasteiger partial charge < -0.3 is 23.7 Å². The molecule has 2 atom stereocenters. The van der Waals surface area contributed by atoms with Crippen LogP contribution in [0.2, 0.25) is 0 Å². The van der Waals surface area contributed by atoms with E-state index in [1.165, 1.54) is 0 Å². The quantitative estimate of drug-likeness (QED) is 0.235. The van der Waals surface area contributed by atoms with Gasteiger partial charge in [-0.15, -0.1) is 5.06 Å². The number of ether oxygens (including phenoxy) is 1. The Morgan fingerprint density at radius 1 is 0.778 bits per heavy atom. The van der Waals surface area contributed by atoms with Gasteiger partial charge >= 0.3 is 23.9 Å². The van der Waals surface area contributed by atoms with Crippen LogP contribution in [0.4, 0.5) is 0 Å². The highest BCUT2D eigenvalue weighted by Crippen LogP contribution is 2.12. The molecule has 2 unspecified atom stereocenters. The van der Waals surface area contributed by atoms with Crippen LogP contribution in [0.5, 0.6) is 0 Å². The van der Waals surface area contributed by atoms with E-state index in [2.05, 4.69) is 28.6 Å². The summed E-state index contributed by atoms with van der Waals surface area (Å²) in [5.41, 5.74) is 1.66. The predicted octanol–water partition coefficient (Wildman–Crippen LogP) is -0.0411. The van der Waals surface area contributed by atoms with E-state index >= 15 is 0 Å². The van der Waals surface area contributed by atoms with E-state index in [1.54, 1.807) is 68.0 Å². The standard InChI is InChI=1S/C8H8NO4P.C6H6NO6P.C6H7NO/c10-7(8(11)13-14)12-5-6-1-3-9-4-2-6;8-3-1-2-4(9)7(3)12-5(10)6(11)13-14;8-5-6-1-3-7-4-2-6/h1-4H,5,14H2;1-2,14H2;1-4,8H,5H2. The maximum Gasteiger partial charge on any atom is 0.442 e. The zero-order valence-corrected chi connectivity index (χ0v) is 20.8. The number of rotatable bonds is 4. The molecule has 3 heterocycles. The van der Waals surface area contributed by atoms with Gasteiger partial charge in [0.2, 0.25) is 0 Å². The maximum absolute atomic E-state index is 10.9. The van der Waals surface area contributed by atoms with Gasteiger partial charge in [-0.3, -0.25) is 19.6 Å². The normalized spacial score (nSPS) is 11.7. The second-order valence-corrected chi connectivity index (χ2v) is 6.69. The number of hydroxylamine groups is 2. The van der Waals surface area contributed by atoms with E-state index in [4.69, 9.17) is 5.11 Å². The van der Waals surface area contributed by atoms with Crippen LogP contribution in [0.15, 0.2) is 49.1 Å². The molecule has 2 aromatic rings. The number of hydrogen-bond acceptors (Lipinski definition) is 13. The molecule has 0 aromatic carbocycles. The fraction of sp³-hybridized carbons (Fsp3) is 0.200. The minimum absolute atomic E-state index is 0.0258. The predicted molar refractivity (Wildman–Crippen MR) is 123 cm³/mol. The summed E-state index contributed by atoms with van der Waals surface area (Å²) in [5, 5.41) is 8.78. The van der Waals surface area contributed by atoms with Crippen molar-refractivity contribution in [2.45, 2.75) is 26.1 Å². The van der Waals surface area contributed by atoms with Crippen molar-refractivity contribution in [1.29, 1.82) is 0 Å². The zero-order chi connectivity index (χ0) is 26.9. The summed E-state index contributed by atoms with van der Waals surface area (Å²) in [6, 6.07) is 6.92. The number of pyridine rings is 2. The van der Waals surface area contributed by atoms with Crippen molar-refractivity contribution in [3.63, 3.8) is 0 Å². The molecule has 2 aromatic heterocycles. The Kier molecular flexibility index (Phi) is 14.0. The summed E-state index contributed by atoms with van der Waals surface area (Å²) in [4.78, 5) is 76.3. The molecule has 16 heteroatoms. The van der Waals surface area contributed by atoms with Crippen molar-refractivity contribution in [1.82, 2.24) is 15.0 Å². The Morgan fingerprint density at radius 2 is 1.22 bits per heavy atom. The van der Waals surface area contributed by atoms with Gasteiger partial charge in [-0.25, -0.2) is 19.2 Å². The summed E-state index contributed by atoms with van der Waals surface area (Å²) >= 11 is 0. The second-order valence-electron chi connectivity index (χ2n) is 6.22. The van der Waals surface area contributed by atoms with Crippen LogP contribution in [0.1, 0.15) is 24.0 Å². The van der Waals surface area contributed by atoms with Crippen molar-refractivity contribution in [2.75, 3.05) is 0 Å². The van der Waals surface area contributed by atoms with Crippen LogP contribution >= 0.6 is 18.9 Å². The van der Waals surface area contributed by atoms with E-state index in [0.717, 1.165) is 11.1 Å². The van der Waals surface area contributed by atoms with Crippen molar-refractivity contribution < 1.29 is 52.5 Å². The first-order valence-electron chi connectivity index (χ1n) is 9.68. The van der Waals surface area contributed by atoms with Crippen molar-refractivity contribution in [3.8, 4) is 0 Å². The lowest BCUT2D eigenvalue weighted by Gasteiger charge is -2.10. The van der Waals surface area contributed by atoms with Crippen LogP contribution in [-0.4, -0.2) is 55.8 Å². The van der Waals surface area contributed by atoms with Gasteiger partial charge in [0.1, 0.15) is 6.61 Å². The van der Waals surface area contributed by atoms with E-state index in [1.807, 2.05) is 0 Å². The van der Waals surface area contributed by atoms with Gasteiger partial charge in [-0.1, -0.05) is 0 Å². The number of aliphatic hydroxyl groups excluding tert-OH is 1. The Bertz CT molecular complexity index is 1040. The molecule has 1 aliphatic rings. The number of esters is 1. The van der Waals surface area contributed by atoms with Gasteiger partial charge in [0.15, 0.2) is 0 Å². The number of carbonyl (C=O) groups excluding carboxylic acids is 6. The van der Waals surface area contributed by atoms with Crippen molar-refractivity contribution in [3.05, 3.63) is 60.2 Å². The SMILES string of the molecule is O=C(OP)C(=O)OCc1ccncc1.O=C(OP)C(=O)ON1C(=O)CCC1=O.OCc1ccncc1. The molecule has 1 saturated heterocycles. The number of amides is 2. The van der Waals surface area contributed by atoms with Gasteiger partial charge in [0.05, 0.1) is 25.5 Å². The molecule has 3 rings (SSSR count). The van der Waals surface area contributed by atoms with E-state index in [0.29, 0.717) is 0 Å². The highest BCUT2D eigenvalue weighted by molar-refractivity contribution is 7.11. The van der Waals surface area contributed by atoms with Gasteiger partial charge in [0.25, 0.3) is 11.8 Å². The molecule has 192 valence electrons. The second kappa shape index (κ2) is 16.7.